The number of amides is 1. The molecule has 6 heteroatoms. The van der Waals surface area contributed by atoms with Crippen LogP contribution in [0, 0.1) is 0 Å². The maximum Gasteiger partial charge on any atom is 0.407 e. The van der Waals surface area contributed by atoms with E-state index in [1.165, 1.54) is 0 Å². The van der Waals surface area contributed by atoms with Gasteiger partial charge in [0.15, 0.2) is 0 Å². The van der Waals surface area contributed by atoms with Gasteiger partial charge in [-0.15, -0.1) is 0 Å². The molecule has 0 unspecified atom stereocenters. The molecule has 0 bridgehead atoms. The molecule has 88 valence electrons. The summed E-state index contributed by atoms with van der Waals surface area (Å²) in [4.78, 5) is 21.6. The van der Waals surface area contributed by atoms with Gasteiger partial charge in [0.1, 0.15) is 5.60 Å². The quantitative estimate of drug-likeness (QED) is 0.723. The molecule has 1 amide bonds. The Morgan fingerprint density at radius 3 is 2.33 bits per heavy atom. The fourth-order valence-corrected chi connectivity index (χ4v) is 0.698. The lowest BCUT2D eigenvalue weighted by molar-refractivity contribution is -0.146. The third kappa shape index (κ3) is 6.70. The Labute approximate surface area is 87.9 Å². The molecule has 0 spiro atoms. The van der Waals surface area contributed by atoms with Crippen molar-refractivity contribution in [3.63, 3.8) is 0 Å². The Balaban J connectivity index is 3.86. The van der Waals surface area contributed by atoms with E-state index in [1.54, 1.807) is 20.8 Å². The summed E-state index contributed by atoms with van der Waals surface area (Å²) in [7, 11) is 1.07. The zero-order valence-corrected chi connectivity index (χ0v) is 9.30. The van der Waals surface area contributed by atoms with Gasteiger partial charge in [0.25, 0.3) is 0 Å². The predicted octanol–water partition coefficient (Wildman–Crippen LogP) is 1.02. The first-order chi connectivity index (χ1) is 6.76. The van der Waals surface area contributed by atoms with E-state index in [0.29, 0.717) is 0 Å². The van der Waals surface area contributed by atoms with Gasteiger partial charge in [-0.3, -0.25) is 0 Å². The maximum absolute atomic E-state index is 12.8. The van der Waals surface area contributed by atoms with Gasteiger partial charge in [-0.1, -0.05) is 0 Å². The molecule has 0 aromatic rings. The number of alkyl halides is 1. The van der Waals surface area contributed by atoms with Crippen LogP contribution < -0.4 is 5.32 Å². The average Bonchev–Trinajstić information content (AvgIpc) is 2.10. The first-order valence-electron chi connectivity index (χ1n) is 4.45. The van der Waals surface area contributed by atoms with E-state index >= 15 is 0 Å². The molecule has 5 nitrogen and oxygen atoms in total. The lowest BCUT2D eigenvalue weighted by Crippen LogP contribution is -2.38. The van der Waals surface area contributed by atoms with Crippen molar-refractivity contribution >= 4 is 12.1 Å². The van der Waals surface area contributed by atoms with Gasteiger partial charge >= 0.3 is 12.1 Å². The zero-order chi connectivity index (χ0) is 12.1. The first-order valence-corrected chi connectivity index (χ1v) is 4.45. The van der Waals surface area contributed by atoms with Crippen molar-refractivity contribution < 1.29 is 23.5 Å². The first kappa shape index (κ1) is 13.7. The number of hydrogen-bond donors (Lipinski definition) is 1. The molecule has 0 saturated carbocycles. The fourth-order valence-electron chi connectivity index (χ4n) is 0.698. The van der Waals surface area contributed by atoms with Crippen LogP contribution in [0.25, 0.3) is 0 Å². The number of nitrogens with one attached hydrogen (secondary N) is 1. The van der Waals surface area contributed by atoms with Crippen LogP contribution in [0.5, 0.6) is 0 Å². The van der Waals surface area contributed by atoms with Crippen LogP contribution in [-0.4, -0.2) is 37.5 Å². The normalized spacial score (nSPS) is 12.9. The summed E-state index contributed by atoms with van der Waals surface area (Å²) in [5, 5.41) is 2.12. The number of halogens is 1. The van der Waals surface area contributed by atoms with Gasteiger partial charge in [0.2, 0.25) is 6.17 Å². The van der Waals surface area contributed by atoms with Crippen LogP contribution in [0.3, 0.4) is 0 Å². The lowest BCUT2D eigenvalue weighted by atomic mass is 10.2. The molecule has 0 aliphatic heterocycles. The number of esters is 1. The van der Waals surface area contributed by atoms with E-state index in [1.807, 2.05) is 0 Å². The molecule has 0 aromatic carbocycles. The van der Waals surface area contributed by atoms with Crippen LogP contribution in [0.4, 0.5) is 9.18 Å². The maximum atomic E-state index is 12.8. The Bertz CT molecular complexity index is 237. The van der Waals surface area contributed by atoms with Crippen molar-refractivity contribution in [3.05, 3.63) is 0 Å². The minimum atomic E-state index is -1.87. The molecule has 0 fully saturated rings. The monoisotopic (exact) mass is 221 g/mol. The van der Waals surface area contributed by atoms with E-state index < -0.39 is 30.4 Å². The van der Waals surface area contributed by atoms with E-state index in [4.69, 9.17) is 4.74 Å². The average molecular weight is 221 g/mol. The van der Waals surface area contributed by atoms with Crippen molar-refractivity contribution in [3.8, 4) is 0 Å². The van der Waals surface area contributed by atoms with Crippen LogP contribution in [-0.2, 0) is 14.3 Å². The van der Waals surface area contributed by atoms with Crippen LogP contribution >= 0.6 is 0 Å². The molecule has 0 radical (unpaired) electrons. The highest BCUT2D eigenvalue weighted by atomic mass is 19.1. The molecule has 15 heavy (non-hydrogen) atoms. The molecule has 0 aliphatic rings. The van der Waals surface area contributed by atoms with Gasteiger partial charge in [-0.05, 0) is 20.8 Å². The molecular weight excluding hydrogens is 205 g/mol. The van der Waals surface area contributed by atoms with Gasteiger partial charge in [-0.25, -0.2) is 14.0 Å². The second kappa shape index (κ2) is 5.53. The number of alkyl carbamates (subject to hydrolysis) is 1. The van der Waals surface area contributed by atoms with Crippen molar-refractivity contribution in [1.82, 2.24) is 5.32 Å². The van der Waals surface area contributed by atoms with Crippen LogP contribution in [0.15, 0.2) is 0 Å². The number of carbonyl (C=O) groups excluding carboxylic acids is 2. The summed E-state index contributed by atoms with van der Waals surface area (Å²) in [6.45, 7) is 4.58. The summed E-state index contributed by atoms with van der Waals surface area (Å²) in [6.07, 6.45) is -2.64. The lowest BCUT2D eigenvalue weighted by Gasteiger charge is -2.19. The number of hydrogen-bond acceptors (Lipinski definition) is 4. The molecule has 1 N–H and O–H groups in total. The molecule has 0 aromatic heterocycles. The SMILES string of the molecule is COC(=O)[C@H](F)CNC(=O)OC(C)(C)C. The third-order valence-electron chi connectivity index (χ3n) is 1.28. The highest BCUT2D eigenvalue weighted by molar-refractivity contribution is 5.76. The topological polar surface area (TPSA) is 64.6 Å². The summed E-state index contributed by atoms with van der Waals surface area (Å²) in [5.74, 6) is -1.02. The van der Waals surface area contributed by atoms with E-state index in [-0.39, 0.29) is 0 Å². The minimum Gasteiger partial charge on any atom is -0.467 e. The standard InChI is InChI=1S/C9H16FNO4/c1-9(2,3)15-8(13)11-5-6(10)7(12)14-4/h6H,5H2,1-4H3,(H,11,13)/t6-/m1/s1. The fraction of sp³-hybridized carbons (Fsp3) is 0.778. The number of rotatable bonds is 3. The van der Waals surface area contributed by atoms with Crippen molar-refractivity contribution in [1.29, 1.82) is 0 Å². The van der Waals surface area contributed by atoms with Crippen LogP contribution in [0.1, 0.15) is 20.8 Å². The highest BCUT2D eigenvalue weighted by Gasteiger charge is 2.21. The largest absolute Gasteiger partial charge is 0.467 e. The highest BCUT2D eigenvalue weighted by Crippen LogP contribution is 2.06. The molecule has 0 rings (SSSR count). The predicted molar refractivity (Wildman–Crippen MR) is 51.1 cm³/mol. The van der Waals surface area contributed by atoms with Crippen molar-refractivity contribution in [2.24, 2.45) is 0 Å². The number of ether oxygens (including phenoxy) is 2. The summed E-state index contributed by atoms with van der Waals surface area (Å²) in [5.41, 5.74) is -0.652. The second-order valence-corrected chi connectivity index (χ2v) is 3.87. The molecule has 0 saturated heterocycles. The van der Waals surface area contributed by atoms with E-state index in [0.717, 1.165) is 7.11 Å². The summed E-state index contributed by atoms with van der Waals surface area (Å²) >= 11 is 0. The Morgan fingerprint density at radius 2 is 1.93 bits per heavy atom. The minimum absolute atomic E-state index is 0.457. The molecule has 0 heterocycles. The Hall–Kier alpha value is -1.33. The number of carbonyl (C=O) groups is 2. The zero-order valence-electron chi connectivity index (χ0n) is 9.30. The molecule has 1 atom stereocenters. The van der Waals surface area contributed by atoms with Gasteiger partial charge in [0.05, 0.1) is 13.7 Å². The summed E-state index contributed by atoms with van der Waals surface area (Å²) in [6, 6.07) is 0. The Kier molecular flexibility index (Phi) is 5.04. The molecule has 0 aliphatic carbocycles. The smallest absolute Gasteiger partial charge is 0.407 e. The van der Waals surface area contributed by atoms with Crippen molar-refractivity contribution in [2.45, 2.75) is 32.5 Å². The number of methoxy groups -OCH3 is 1. The van der Waals surface area contributed by atoms with Crippen LogP contribution in [0.2, 0.25) is 0 Å². The third-order valence-corrected chi connectivity index (χ3v) is 1.28. The molecular formula is C9H16FNO4. The Morgan fingerprint density at radius 1 is 1.40 bits per heavy atom. The van der Waals surface area contributed by atoms with Gasteiger partial charge in [-0.2, -0.15) is 0 Å². The van der Waals surface area contributed by atoms with Gasteiger partial charge in [0, 0.05) is 0 Å². The van der Waals surface area contributed by atoms with Gasteiger partial charge < -0.3 is 14.8 Å². The van der Waals surface area contributed by atoms with E-state index in [2.05, 4.69) is 10.1 Å². The van der Waals surface area contributed by atoms with E-state index in [9.17, 15) is 14.0 Å². The summed E-state index contributed by atoms with van der Waals surface area (Å²) < 4.78 is 21.8. The van der Waals surface area contributed by atoms with Crippen molar-refractivity contribution in [2.75, 3.05) is 13.7 Å². The second-order valence-electron chi connectivity index (χ2n) is 3.87.